The lowest BCUT2D eigenvalue weighted by atomic mass is 10.2. The number of hydrogen-bond donors (Lipinski definition) is 1. The monoisotopic (exact) mass is 220 g/mol. The van der Waals surface area contributed by atoms with Gasteiger partial charge in [-0.2, -0.15) is 5.10 Å². The van der Waals surface area contributed by atoms with Crippen LogP contribution in [0.1, 0.15) is 10.4 Å². The Labute approximate surface area is 89.7 Å². The first-order valence-electron chi connectivity index (χ1n) is 4.45. The van der Waals surface area contributed by atoms with E-state index < -0.39 is 11.5 Å². The van der Waals surface area contributed by atoms with Crippen LogP contribution in [0.2, 0.25) is 0 Å². The van der Waals surface area contributed by atoms with Gasteiger partial charge in [-0.25, -0.2) is 9.48 Å². The van der Waals surface area contributed by atoms with E-state index in [9.17, 15) is 9.59 Å². The molecule has 82 valence electrons. The highest BCUT2D eigenvalue weighted by Gasteiger charge is 2.14. The summed E-state index contributed by atoms with van der Waals surface area (Å²) in [5.74, 6) is -0.867. The second-order valence-corrected chi connectivity index (χ2v) is 3.15. The normalized spacial score (nSPS) is 10.3. The van der Waals surface area contributed by atoms with Crippen molar-refractivity contribution in [2.75, 3.05) is 0 Å². The number of carboxylic acids is 1. The van der Waals surface area contributed by atoms with E-state index >= 15 is 0 Å². The van der Waals surface area contributed by atoms with Crippen LogP contribution in [-0.4, -0.2) is 20.9 Å². The van der Waals surface area contributed by atoms with Crippen LogP contribution in [0.15, 0.2) is 33.7 Å². The van der Waals surface area contributed by atoms with Gasteiger partial charge in [0.1, 0.15) is 11.3 Å². The van der Waals surface area contributed by atoms with Gasteiger partial charge in [0.25, 0.3) is 5.56 Å². The van der Waals surface area contributed by atoms with Gasteiger partial charge in [-0.3, -0.25) is 4.79 Å². The van der Waals surface area contributed by atoms with Crippen LogP contribution >= 0.6 is 0 Å². The second kappa shape index (κ2) is 3.65. The van der Waals surface area contributed by atoms with Crippen molar-refractivity contribution in [3.05, 3.63) is 40.4 Å². The van der Waals surface area contributed by atoms with Crippen molar-refractivity contribution >= 4 is 5.97 Å². The molecule has 16 heavy (non-hydrogen) atoms. The molecule has 2 aromatic heterocycles. The SMILES string of the molecule is Cn1nc(-c2ccco2)cc(C(=O)O)c1=O. The van der Waals surface area contributed by atoms with Gasteiger partial charge in [0.2, 0.25) is 0 Å². The van der Waals surface area contributed by atoms with Crippen LogP contribution in [0.4, 0.5) is 0 Å². The van der Waals surface area contributed by atoms with Crippen molar-refractivity contribution in [2.24, 2.45) is 7.05 Å². The number of carbonyl (C=O) groups is 1. The molecule has 0 radical (unpaired) electrons. The summed E-state index contributed by atoms with van der Waals surface area (Å²) in [6.45, 7) is 0. The average molecular weight is 220 g/mol. The summed E-state index contributed by atoms with van der Waals surface area (Å²) in [6.07, 6.45) is 1.45. The molecule has 0 atom stereocenters. The highest BCUT2D eigenvalue weighted by molar-refractivity contribution is 5.88. The summed E-state index contributed by atoms with van der Waals surface area (Å²) in [5.41, 5.74) is -0.670. The Kier molecular flexibility index (Phi) is 2.32. The van der Waals surface area contributed by atoms with E-state index in [0.29, 0.717) is 11.5 Å². The highest BCUT2D eigenvalue weighted by atomic mass is 16.4. The Balaban J connectivity index is 2.67. The summed E-state index contributed by atoms with van der Waals surface area (Å²) in [4.78, 5) is 22.2. The van der Waals surface area contributed by atoms with E-state index in [1.54, 1.807) is 12.1 Å². The number of rotatable bonds is 2. The van der Waals surface area contributed by atoms with Gasteiger partial charge >= 0.3 is 5.97 Å². The number of furan rings is 1. The molecule has 0 unspecified atom stereocenters. The molecule has 0 aromatic carbocycles. The van der Waals surface area contributed by atoms with Gasteiger partial charge in [-0.15, -0.1) is 0 Å². The third-order valence-corrected chi connectivity index (χ3v) is 2.07. The Morgan fingerprint density at radius 3 is 2.88 bits per heavy atom. The molecular weight excluding hydrogens is 212 g/mol. The number of nitrogens with zero attached hydrogens (tertiary/aromatic N) is 2. The first kappa shape index (κ1) is 10.2. The fourth-order valence-corrected chi connectivity index (χ4v) is 1.31. The molecule has 0 spiro atoms. The number of aryl methyl sites for hydroxylation is 1. The molecule has 1 N–H and O–H groups in total. The van der Waals surface area contributed by atoms with E-state index in [1.807, 2.05) is 0 Å². The zero-order valence-corrected chi connectivity index (χ0v) is 8.38. The molecule has 0 bridgehead atoms. The molecular formula is C10H8N2O4. The average Bonchev–Trinajstić information content (AvgIpc) is 2.74. The molecule has 0 aliphatic heterocycles. The topological polar surface area (TPSA) is 85.3 Å². The lowest BCUT2D eigenvalue weighted by molar-refractivity contribution is 0.0694. The maximum atomic E-state index is 11.4. The fourth-order valence-electron chi connectivity index (χ4n) is 1.31. The summed E-state index contributed by atoms with van der Waals surface area (Å²) in [6, 6.07) is 4.49. The van der Waals surface area contributed by atoms with Gasteiger partial charge in [-0.05, 0) is 18.2 Å². The van der Waals surface area contributed by atoms with Gasteiger partial charge < -0.3 is 9.52 Å². The summed E-state index contributed by atoms with van der Waals surface area (Å²) in [7, 11) is 1.39. The third-order valence-electron chi connectivity index (χ3n) is 2.07. The van der Waals surface area contributed by atoms with Gasteiger partial charge in [-0.1, -0.05) is 0 Å². The molecule has 0 aliphatic rings. The second-order valence-electron chi connectivity index (χ2n) is 3.15. The fraction of sp³-hybridized carbons (Fsp3) is 0.100. The van der Waals surface area contributed by atoms with Crippen LogP contribution < -0.4 is 5.56 Å². The van der Waals surface area contributed by atoms with E-state index in [-0.39, 0.29) is 5.56 Å². The van der Waals surface area contributed by atoms with E-state index in [4.69, 9.17) is 9.52 Å². The lowest BCUT2D eigenvalue weighted by Gasteiger charge is -2.02. The first-order valence-corrected chi connectivity index (χ1v) is 4.45. The molecule has 0 saturated carbocycles. The Bertz CT molecular complexity index is 583. The number of carboxylic acid groups (broad SMARTS) is 1. The standard InChI is InChI=1S/C10H8N2O4/c1-12-9(13)6(10(14)15)5-7(11-12)8-3-2-4-16-8/h2-5H,1H3,(H,14,15). The van der Waals surface area contributed by atoms with Gasteiger partial charge in [0.15, 0.2) is 5.76 Å². The Morgan fingerprint density at radius 1 is 1.56 bits per heavy atom. The number of aromatic carboxylic acids is 1. The number of aromatic nitrogens is 2. The molecule has 6 heteroatoms. The molecule has 0 amide bonds. The van der Waals surface area contributed by atoms with Crippen molar-refractivity contribution in [3.8, 4) is 11.5 Å². The molecule has 0 aliphatic carbocycles. The number of hydrogen-bond acceptors (Lipinski definition) is 4. The van der Waals surface area contributed by atoms with E-state index in [1.165, 1.54) is 19.4 Å². The maximum absolute atomic E-state index is 11.4. The van der Waals surface area contributed by atoms with Crippen LogP contribution in [-0.2, 0) is 7.05 Å². The van der Waals surface area contributed by atoms with E-state index in [0.717, 1.165) is 4.68 Å². The van der Waals surface area contributed by atoms with Crippen molar-refractivity contribution < 1.29 is 14.3 Å². The molecule has 2 heterocycles. The minimum Gasteiger partial charge on any atom is -0.477 e. The summed E-state index contributed by atoms with van der Waals surface area (Å²) < 4.78 is 6.05. The predicted molar refractivity (Wildman–Crippen MR) is 54.1 cm³/mol. The minimum absolute atomic E-state index is 0.310. The first-order chi connectivity index (χ1) is 7.59. The van der Waals surface area contributed by atoms with E-state index in [2.05, 4.69) is 5.10 Å². The Morgan fingerprint density at radius 2 is 2.31 bits per heavy atom. The van der Waals surface area contributed by atoms with Crippen LogP contribution in [0.5, 0.6) is 0 Å². The van der Waals surface area contributed by atoms with Crippen LogP contribution in [0.25, 0.3) is 11.5 Å². The smallest absolute Gasteiger partial charge is 0.341 e. The van der Waals surface area contributed by atoms with Gasteiger partial charge in [0.05, 0.1) is 6.26 Å². The molecule has 0 saturated heterocycles. The Hall–Kier alpha value is -2.37. The predicted octanol–water partition coefficient (Wildman–Crippen LogP) is 0.738. The maximum Gasteiger partial charge on any atom is 0.341 e. The van der Waals surface area contributed by atoms with Gasteiger partial charge in [0, 0.05) is 7.05 Å². The largest absolute Gasteiger partial charge is 0.477 e. The lowest BCUT2D eigenvalue weighted by Crippen LogP contribution is -2.26. The van der Waals surface area contributed by atoms with Crippen molar-refractivity contribution in [2.45, 2.75) is 0 Å². The van der Waals surface area contributed by atoms with Crippen LogP contribution in [0, 0.1) is 0 Å². The van der Waals surface area contributed by atoms with Crippen molar-refractivity contribution in [1.82, 2.24) is 9.78 Å². The zero-order valence-electron chi connectivity index (χ0n) is 8.38. The summed E-state index contributed by atoms with van der Waals surface area (Å²) in [5, 5.41) is 12.7. The highest BCUT2D eigenvalue weighted by Crippen LogP contribution is 2.16. The quantitative estimate of drug-likeness (QED) is 0.806. The zero-order chi connectivity index (χ0) is 11.7. The van der Waals surface area contributed by atoms with Crippen molar-refractivity contribution in [3.63, 3.8) is 0 Å². The van der Waals surface area contributed by atoms with Crippen LogP contribution in [0.3, 0.4) is 0 Å². The molecule has 2 rings (SSSR count). The third kappa shape index (κ3) is 1.60. The van der Waals surface area contributed by atoms with Crippen molar-refractivity contribution in [1.29, 1.82) is 0 Å². The minimum atomic E-state index is -1.28. The molecule has 6 nitrogen and oxygen atoms in total. The summed E-state index contributed by atoms with van der Waals surface area (Å²) >= 11 is 0. The molecule has 2 aromatic rings. The molecule has 0 fully saturated rings.